The molecule has 13 nitrogen and oxygen atoms in total. The maximum absolute atomic E-state index is 12.7. The van der Waals surface area contributed by atoms with Crippen LogP contribution in [0.5, 0.6) is 5.75 Å². The third kappa shape index (κ3) is 8.57. The van der Waals surface area contributed by atoms with Crippen LogP contribution in [-0.2, 0) is 30.4 Å². The van der Waals surface area contributed by atoms with E-state index in [0.717, 1.165) is 0 Å². The van der Waals surface area contributed by atoms with E-state index in [1.807, 2.05) is 0 Å². The van der Waals surface area contributed by atoms with Crippen LogP contribution in [0.1, 0.15) is 18.9 Å². The fraction of sp³-hybridized carbons (Fsp3) is 0.421. The second kappa shape index (κ2) is 12.2. The van der Waals surface area contributed by atoms with Crippen molar-refractivity contribution in [1.82, 2.24) is 16.0 Å². The van der Waals surface area contributed by atoms with Crippen molar-refractivity contribution < 1.29 is 44.4 Å². The van der Waals surface area contributed by atoms with Gasteiger partial charge in [0.05, 0.1) is 19.1 Å². The third-order valence-electron chi connectivity index (χ3n) is 4.23. The average molecular weight is 454 g/mol. The number of aromatic hydroxyl groups is 1. The highest BCUT2D eigenvalue weighted by molar-refractivity contribution is 5.95. The Kier molecular flexibility index (Phi) is 10.1. The maximum Gasteiger partial charge on any atom is 0.328 e. The molecule has 0 bridgehead atoms. The van der Waals surface area contributed by atoms with Crippen LogP contribution in [-0.4, -0.2) is 80.9 Å². The molecule has 3 amide bonds. The van der Waals surface area contributed by atoms with Gasteiger partial charge in [-0.25, -0.2) is 4.79 Å². The number of phenolic OH excluding ortho intramolecular Hbond substituents is 1. The molecule has 13 heteroatoms. The van der Waals surface area contributed by atoms with Gasteiger partial charge in [-0.3, -0.25) is 19.2 Å². The Balaban J connectivity index is 3.11. The number of aliphatic carboxylic acids is 2. The number of nitrogens with one attached hydrogen (secondary N) is 3. The number of nitrogens with two attached hydrogens (primary N) is 1. The second-order valence-corrected chi connectivity index (χ2v) is 6.96. The van der Waals surface area contributed by atoms with Gasteiger partial charge in [-0.15, -0.1) is 0 Å². The van der Waals surface area contributed by atoms with Crippen molar-refractivity contribution in [2.45, 2.75) is 43.9 Å². The summed E-state index contributed by atoms with van der Waals surface area (Å²) in [4.78, 5) is 59.3. The van der Waals surface area contributed by atoms with Gasteiger partial charge in [-0.2, -0.15) is 0 Å². The number of aliphatic hydroxyl groups excluding tert-OH is 1. The smallest absolute Gasteiger partial charge is 0.328 e. The molecule has 32 heavy (non-hydrogen) atoms. The van der Waals surface area contributed by atoms with E-state index in [9.17, 15) is 29.1 Å². The number of carbonyl (C=O) groups excluding carboxylic acids is 3. The van der Waals surface area contributed by atoms with Crippen LogP contribution in [0, 0.1) is 0 Å². The number of amides is 3. The lowest BCUT2D eigenvalue weighted by Gasteiger charge is -2.24. The zero-order chi connectivity index (χ0) is 24.4. The number of hydrogen-bond acceptors (Lipinski definition) is 8. The highest BCUT2D eigenvalue weighted by Crippen LogP contribution is 2.12. The number of carbonyl (C=O) groups is 5. The molecule has 0 heterocycles. The predicted octanol–water partition coefficient (Wildman–Crippen LogP) is -2.71. The molecule has 0 aliphatic rings. The molecular formula is C19H26N4O9. The van der Waals surface area contributed by atoms with Crippen molar-refractivity contribution in [3.8, 4) is 5.75 Å². The van der Waals surface area contributed by atoms with Gasteiger partial charge in [-0.05, 0) is 24.6 Å². The van der Waals surface area contributed by atoms with Crippen LogP contribution in [0.4, 0.5) is 0 Å². The molecule has 1 aromatic rings. The number of phenols is 1. The Morgan fingerprint density at radius 3 is 1.84 bits per heavy atom. The standard InChI is InChI=1S/C19H26N4O9/c1-9(20)16(28)21-13(7-15(26)27)18(30)22-12(6-10-2-4-11(25)5-3-10)17(29)23-14(8-24)19(31)32/h2-5,9,12-14,24-25H,6-8,20H2,1H3,(H,21,28)(H,22,30)(H,23,29)(H,26,27)(H,31,32). The molecule has 9 N–H and O–H groups in total. The fourth-order valence-corrected chi connectivity index (χ4v) is 2.49. The highest BCUT2D eigenvalue weighted by atomic mass is 16.4. The average Bonchev–Trinajstić information content (AvgIpc) is 2.71. The molecule has 4 unspecified atom stereocenters. The lowest BCUT2D eigenvalue weighted by molar-refractivity contribution is -0.144. The van der Waals surface area contributed by atoms with Crippen molar-refractivity contribution in [3.63, 3.8) is 0 Å². The molecule has 0 spiro atoms. The van der Waals surface area contributed by atoms with E-state index >= 15 is 0 Å². The van der Waals surface area contributed by atoms with Gasteiger partial charge >= 0.3 is 11.9 Å². The van der Waals surface area contributed by atoms with E-state index in [0.29, 0.717) is 5.56 Å². The Morgan fingerprint density at radius 1 is 0.875 bits per heavy atom. The number of carboxylic acids is 2. The Hall–Kier alpha value is -3.71. The van der Waals surface area contributed by atoms with Gasteiger partial charge in [0.1, 0.15) is 23.9 Å². The highest BCUT2D eigenvalue weighted by Gasteiger charge is 2.31. The molecule has 1 aromatic carbocycles. The molecule has 0 saturated carbocycles. The molecule has 0 fully saturated rings. The number of benzene rings is 1. The zero-order valence-corrected chi connectivity index (χ0v) is 17.1. The SMILES string of the molecule is CC(N)C(=O)NC(CC(=O)O)C(=O)NC(Cc1ccc(O)cc1)C(=O)NC(CO)C(=O)O. The van der Waals surface area contributed by atoms with Crippen molar-refractivity contribution in [2.75, 3.05) is 6.61 Å². The first-order chi connectivity index (χ1) is 14.9. The summed E-state index contributed by atoms with van der Waals surface area (Å²) in [5, 5.41) is 43.1. The van der Waals surface area contributed by atoms with E-state index in [2.05, 4.69) is 16.0 Å². The number of rotatable bonds is 12. The summed E-state index contributed by atoms with van der Waals surface area (Å²) in [6.07, 6.45) is -0.969. The van der Waals surface area contributed by atoms with Crippen molar-refractivity contribution in [1.29, 1.82) is 0 Å². The van der Waals surface area contributed by atoms with Gasteiger partial charge < -0.3 is 42.1 Å². The number of aliphatic hydroxyl groups is 1. The summed E-state index contributed by atoms with van der Waals surface area (Å²) >= 11 is 0. The van der Waals surface area contributed by atoms with Gasteiger partial charge in [-0.1, -0.05) is 12.1 Å². The predicted molar refractivity (Wildman–Crippen MR) is 108 cm³/mol. The van der Waals surface area contributed by atoms with Crippen molar-refractivity contribution in [3.05, 3.63) is 29.8 Å². The summed E-state index contributed by atoms with van der Waals surface area (Å²) in [5.41, 5.74) is 5.89. The summed E-state index contributed by atoms with van der Waals surface area (Å²) in [6, 6.07) is -0.0699. The summed E-state index contributed by atoms with van der Waals surface area (Å²) < 4.78 is 0. The minimum Gasteiger partial charge on any atom is -0.508 e. The molecule has 0 radical (unpaired) electrons. The summed E-state index contributed by atoms with van der Waals surface area (Å²) in [5.74, 6) is -5.75. The van der Waals surface area contributed by atoms with Crippen LogP contribution in [0.25, 0.3) is 0 Å². The molecule has 4 atom stereocenters. The minimum absolute atomic E-state index is 0.0508. The Labute approximate surface area is 182 Å². The van der Waals surface area contributed by atoms with E-state index in [1.54, 1.807) is 0 Å². The lowest BCUT2D eigenvalue weighted by atomic mass is 10.0. The van der Waals surface area contributed by atoms with Gasteiger partial charge in [0.25, 0.3) is 0 Å². The summed E-state index contributed by atoms with van der Waals surface area (Å²) in [7, 11) is 0. The number of hydrogen-bond donors (Lipinski definition) is 8. The Morgan fingerprint density at radius 2 is 1.38 bits per heavy atom. The molecule has 0 saturated heterocycles. The van der Waals surface area contributed by atoms with Gasteiger partial charge in [0.15, 0.2) is 0 Å². The first kappa shape index (κ1) is 26.3. The molecule has 176 valence electrons. The first-order valence-electron chi connectivity index (χ1n) is 9.44. The molecule has 1 rings (SSSR count). The first-order valence-corrected chi connectivity index (χ1v) is 9.44. The van der Waals surface area contributed by atoms with Gasteiger partial charge in [0.2, 0.25) is 17.7 Å². The topological polar surface area (TPSA) is 228 Å². The van der Waals surface area contributed by atoms with E-state index < -0.39 is 66.9 Å². The summed E-state index contributed by atoms with van der Waals surface area (Å²) in [6.45, 7) is 0.417. The van der Waals surface area contributed by atoms with Crippen molar-refractivity contribution in [2.24, 2.45) is 5.73 Å². The second-order valence-electron chi connectivity index (χ2n) is 6.96. The zero-order valence-electron chi connectivity index (χ0n) is 17.1. The van der Waals surface area contributed by atoms with Crippen LogP contribution < -0.4 is 21.7 Å². The van der Waals surface area contributed by atoms with Crippen LogP contribution in [0.15, 0.2) is 24.3 Å². The monoisotopic (exact) mass is 454 g/mol. The van der Waals surface area contributed by atoms with Crippen LogP contribution in [0.3, 0.4) is 0 Å². The molecule has 0 aliphatic carbocycles. The quantitative estimate of drug-likeness (QED) is 0.163. The van der Waals surface area contributed by atoms with Crippen LogP contribution in [0.2, 0.25) is 0 Å². The minimum atomic E-state index is -1.64. The molecule has 0 aliphatic heterocycles. The van der Waals surface area contributed by atoms with E-state index in [-0.39, 0.29) is 12.2 Å². The van der Waals surface area contributed by atoms with Crippen molar-refractivity contribution >= 4 is 29.7 Å². The van der Waals surface area contributed by atoms with Crippen LogP contribution >= 0.6 is 0 Å². The normalized spacial score (nSPS) is 14.3. The van der Waals surface area contributed by atoms with Gasteiger partial charge in [0, 0.05) is 6.42 Å². The number of carboxylic acid groups (broad SMARTS) is 2. The molecular weight excluding hydrogens is 428 g/mol. The maximum atomic E-state index is 12.7. The van der Waals surface area contributed by atoms with E-state index in [4.69, 9.17) is 21.1 Å². The molecule has 0 aromatic heterocycles. The largest absolute Gasteiger partial charge is 0.508 e. The fourth-order valence-electron chi connectivity index (χ4n) is 2.49. The van der Waals surface area contributed by atoms with E-state index in [1.165, 1.54) is 31.2 Å². The third-order valence-corrected chi connectivity index (χ3v) is 4.23. The lowest BCUT2D eigenvalue weighted by Crippen LogP contribution is -2.58. The Bertz CT molecular complexity index is 842.